The molecule has 150 valence electrons. The number of aromatic nitrogens is 2. The normalized spacial score (nSPS) is 10.5. The number of fused-ring (bicyclic) bond motifs is 1. The van der Waals surface area contributed by atoms with E-state index in [0.29, 0.717) is 23.3 Å². The summed E-state index contributed by atoms with van der Waals surface area (Å²) in [6, 6.07) is 6.98. The van der Waals surface area contributed by atoms with Crippen LogP contribution in [0.2, 0.25) is 0 Å². The SMILES string of the molecule is CCCNC(=O)CNC(=O)COC(=O)CCc1nc2ccccc2c(=O)n1C. The number of rotatable bonds is 9. The lowest BCUT2D eigenvalue weighted by Gasteiger charge is -2.09. The summed E-state index contributed by atoms with van der Waals surface area (Å²) in [7, 11) is 1.60. The number of hydrogen-bond donors (Lipinski definition) is 2. The lowest BCUT2D eigenvalue weighted by atomic mass is 10.2. The molecule has 0 aliphatic carbocycles. The second-order valence-corrected chi connectivity index (χ2v) is 6.20. The third-order valence-electron chi connectivity index (χ3n) is 4.01. The molecule has 0 unspecified atom stereocenters. The molecule has 9 heteroatoms. The molecule has 2 rings (SSSR count). The molecule has 0 radical (unpaired) electrons. The fourth-order valence-electron chi connectivity index (χ4n) is 2.48. The smallest absolute Gasteiger partial charge is 0.306 e. The third kappa shape index (κ3) is 5.90. The zero-order chi connectivity index (χ0) is 20.5. The Balaban J connectivity index is 1.80. The first-order valence-corrected chi connectivity index (χ1v) is 9.06. The molecule has 2 aromatic rings. The van der Waals surface area contributed by atoms with Crippen molar-refractivity contribution in [2.75, 3.05) is 19.7 Å². The van der Waals surface area contributed by atoms with Gasteiger partial charge in [0, 0.05) is 20.0 Å². The van der Waals surface area contributed by atoms with Crippen molar-refractivity contribution in [1.82, 2.24) is 20.2 Å². The van der Waals surface area contributed by atoms with Crippen molar-refractivity contribution in [2.24, 2.45) is 7.05 Å². The maximum absolute atomic E-state index is 12.3. The van der Waals surface area contributed by atoms with Crippen LogP contribution in [0.3, 0.4) is 0 Å². The number of esters is 1. The first-order valence-electron chi connectivity index (χ1n) is 9.06. The molecule has 0 atom stereocenters. The van der Waals surface area contributed by atoms with Gasteiger partial charge in [-0.2, -0.15) is 0 Å². The number of carbonyl (C=O) groups is 3. The van der Waals surface area contributed by atoms with Crippen molar-refractivity contribution in [3.05, 3.63) is 40.4 Å². The van der Waals surface area contributed by atoms with Crippen LogP contribution in [0.1, 0.15) is 25.6 Å². The van der Waals surface area contributed by atoms with Crippen molar-refractivity contribution in [2.45, 2.75) is 26.2 Å². The minimum atomic E-state index is -0.590. The number of nitrogens with zero attached hydrogens (tertiary/aromatic N) is 2. The monoisotopic (exact) mass is 388 g/mol. The van der Waals surface area contributed by atoms with Crippen LogP contribution in [0.25, 0.3) is 10.9 Å². The second kappa shape index (κ2) is 10.2. The zero-order valence-corrected chi connectivity index (χ0v) is 16.0. The van der Waals surface area contributed by atoms with Crippen molar-refractivity contribution in [3.8, 4) is 0 Å². The van der Waals surface area contributed by atoms with Crippen LogP contribution in [-0.2, 0) is 32.6 Å². The Morgan fingerprint density at radius 3 is 2.64 bits per heavy atom. The van der Waals surface area contributed by atoms with Gasteiger partial charge in [0.1, 0.15) is 5.82 Å². The average Bonchev–Trinajstić information content (AvgIpc) is 2.70. The Labute approximate surface area is 162 Å². The molecule has 1 aromatic carbocycles. The molecule has 9 nitrogen and oxygen atoms in total. The predicted octanol–water partition coefficient (Wildman–Crippen LogP) is 0.0517. The van der Waals surface area contributed by atoms with E-state index in [0.717, 1.165) is 6.42 Å². The average molecular weight is 388 g/mol. The van der Waals surface area contributed by atoms with E-state index in [9.17, 15) is 19.2 Å². The lowest BCUT2D eigenvalue weighted by molar-refractivity contribution is -0.148. The minimum Gasteiger partial charge on any atom is -0.456 e. The van der Waals surface area contributed by atoms with Gasteiger partial charge in [0.05, 0.1) is 23.9 Å². The van der Waals surface area contributed by atoms with Crippen molar-refractivity contribution in [1.29, 1.82) is 0 Å². The predicted molar refractivity (Wildman–Crippen MR) is 103 cm³/mol. The van der Waals surface area contributed by atoms with Gasteiger partial charge in [0.15, 0.2) is 6.61 Å². The molecule has 0 bridgehead atoms. The van der Waals surface area contributed by atoms with E-state index in [1.807, 2.05) is 6.92 Å². The summed E-state index contributed by atoms with van der Waals surface area (Å²) in [5.41, 5.74) is 0.379. The molecule has 1 heterocycles. The molecule has 0 aliphatic heterocycles. The Bertz CT molecular complexity index is 922. The number of nitrogens with one attached hydrogen (secondary N) is 2. The summed E-state index contributed by atoms with van der Waals surface area (Å²) >= 11 is 0. The summed E-state index contributed by atoms with van der Waals surface area (Å²) in [6.45, 7) is 1.82. The Morgan fingerprint density at radius 2 is 1.89 bits per heavy atom. The topological polar surface area (TPSA) is 119 Å². The Hall–Kier alpha value is -3.23. The molecule has 0 fully saturated rings. The number of aryl methyl sites for hydroxylation is 1. The molecule has 0 saturated heterocycles. The van der Waals surface area contributed by atoms with E-state index < -0.39 is 18.5 Å². The standard InChI is InChI=1S/C19H24N4O5/c1-3-10-20-16(24)11-21-17(25)12-28-18(26)9-8-15-22-14-7-5-4-6-13(14)19(27)23(15)2/h4-7H,3,8-12H2,1-2H3,(H,20,24)(H,21,25). The van der Waals surface area contributed by atoms with Crippen LogP contribution in [0.15, 0.2) is 29.1 Å². The van der Waals surface area contributed by atoms with Gasteiger partial charge in [-0.05, 0) is 18.6 Å². The molecule has 2 N–H and O–H groups in total. The molecule has 28 heavy (non-hydrogen) atoms. The van der Waals surface area contributed by atoms with Gasteiger partial charge in [-0.1, -0.05) is 19.1 Å². The van der Waals surface area contributed by atoms with Gasteiger partial charge < -0.3 is 15.4 Å². The van der Waals surface area contributed by atoms with Crippen LogP contribution in [0, 0.1) is 0 Å². The molecule has 0 spiro atoms. The van der Waals surface area contributed by atoms with Gasteiger partial charge >= 0.3 is 5.97 Å². The van der Waals surface area contributed by atoms with Crippen LogP contribution >= 0.6 is 0 Å². The Kier molecular flexibility index (Phi) is 7.67. The number of hydrogen-bond acceptors (Lipinski definition) is 6. The van der Waals surface area contributed by atoms with Crippen molar-refractivity contribution >= 4 is 28.7 Å². The van der Waals surface area contributed by atoms with E-state index in [1.54, 1.807) is 31.3 Å². The highest BCUT2D eigenvalue weighted by molar-refractivity contribution is 5.86. The van der Waals surface area contributed by atoms with Gasteiger partial charge in [0.2, 0.25) is 5.91 Å². The summed E-state index contributed by atoms with van der Waals surface area (Å²) in [5, 5.41) is 5.50. The van der Waals surface area contributed by atoms with Crippen LogP contribution in [0.5, 0.6) is 0 Å². The molecule has 1 aromatic heterocycles. The number of ether oxygens (including phenoxy) is 1. The van der Waals surface area contributed by atoms with E-state index in [-0.39, 0.29) is 30.9 Å². The highest BCUT2D eigenvalue weighted by atomic mass is 16.5. The molecule has 0 aliphatic rings. The summed E-state index contributed by atoms with van der Waals surface area (Å²) in [5.74, 6) is -0.994. The van der Waals surface area contributed by atoms with E-state index in [2.05, 4.69) is 15.6 Å². The molecule has 0 saturated carbocycles. The number of para-hydroxylation sites is 1. The second-order valence-electron chi connectivity index (χ2n) is 6.20. The lowest BCUT2D eigenvalue weighted by Crippen LogP contribution is -2.38. The van der Waals surface area contributed by atoms with Crippen LogP contribution in [0.4, 0.5) is 0 Å². The maximum Gasteiger partial charge on any atom is 0.306 e. The maximum atomic E-state index is 12.3. The number of carbonyl (C=O) groups excluding carboxylic acids is 3. The van der Waals surface area contributed by atoms with Gasteiger partial charge in [-0.25, -0.2) is 4.98 Å². The van der Waals surface area contributed by atoms with E-state index in [4.69, 9.17) is 4.74 Å². The number of amides is 2. The van der Waals surface area contributed by atoms with E-state index >= 15 is 0 Å². The quantitative estimate of drug-likeness (QED) is 0.586. The largest absolute Gasteiger partial charge is 0.456 e. The van der Waals surface area contributed by atoms with Crippen LogP contribution in [-0.4, -0.2) is 47.0 Å². The third-order valence-corrected chi connectivity index (χ3v) is 4.01. The fraction of sp³-hybridized carbons (Fsp3) is 0.421. The molecular formula is C19H24N4O5. The Morgan fingerprint density at radius 1 is 1.14 bits per heavy atom. The number of benzene rings is 1. The minimum absolute atomic E-state index is 0.0249. The first kappa shape index (κ1) is 21.1. The molecule has 2 amide bonds. The van der Waals surface area contributed by atoms with Gasteiger partial charge in [0.25, 0.3) is 11.5 Å². The zero-order valence-electron chi connectivity index (χ0n) is 16.0. The van der Waals surface area contributed by atoms with Crippen molar-refractivity contribution < 1.29 is 19.1 Å². The fourth-order valence-corrected chi connectivity index (χ4v) is 2.48. The highest BCUT2D eigenvalue weighted by Crippen LogP contribution is 2.08. The van der Waals surface area contributed by atoms with E-state index in [1.165, 1.54) is 4.57 Å². The summed E-state index contributed by atoms with van der Waals surface area (Å²) < 4.78 is 6.30. The first-order chi connectivity index (χ1) is 13.4. The van der Waals surface area contributed by atoms with Gasteiger partial charge in [-0.3, -0.25) is 23.7 Å². The van der Waals surface area contributed by atoms with Gasteiger partial charge in [-0.15, -0.1) is 0 Å². The van der Waals surface area contributed by atoms with Crippen LogP contribution < -0.4 is 16.2 Å². The molecular weight excluding hydrogens is 364 g/mol. The van der Waals surface area contributed by atoms with Crippen molar-refractivity contribution in [3.63, 3.8) is 0 Å². The highest BCUT2D eigenvalue weighted by Gasteiger charge is 2.12. The summed E-state index contributed by atoms with van der Waals surface area (Å²) in [4.78, 5) is 51.6. The summed E-state index contributed by atoms with van der Waals surface area (Å²) in [6.07, 6.45) is 0.980.